The second-order valence-corrected chi connectivity index (χ2v) is 6.00. The average Bonchev–Trinajstić information content (AvgIpc) is 2.41. The second kappa shape index (κ2) is 6.14. The van der Waals surface area contributed by atoms with Gasteiger partial charge in [0.25, 0.3) is 0 Å². The maximum absolute atomic E-state index is 12.2. The van der Waals surface area contributed by atoms with Crippen LogP contribution in [0.1, 0.15) is 26.2 Å². The van der Waals surface area contributed by atoms with Crippen LogP contribution in [0.3, 0.4) is 0 Å². The number of aromatic hydroxyl groups is 1. The molecule has 1 aromatic carbocycles. The van der Waals surface area contributed by atoms with Gasteiger partial charge in [-0.1, -0.05) is 12.1 Å². The lowest BCUT2D eigenvalue weighted by Gasteiger charge is -2.29. The number of piperidine rings is 1. The van der Waals surface area contributed by atoms with Crippen molar-refractivity contribution in [2.24, 2.45) is 0 Å². The van der Waals surface area contributed by atoms with Gasteiger partial charge in [-0.2, -0.15) is 0 Å². The molecule has 2 rings (SSSR count). The molecular formula is C14H19NO2S. The summed E-state index contributed by atoms with van der Waals surface area (Å²) in [6.45, 7) is 3.67. The molecule has 1 fully saturated rings. The zero-order chi connectivity index (χ0) is 13.0. The van der Waals surface area contributed by atoms with E-state index in [9.17, 15) is 9.90 Å². The quantitative estimate of drug-likeness (QED) is 0.854. The number of carbonyl (C=O) groups is 1. The summed E-state index contributed by atoms with van der Waals surface area (Å²) in [6.07, 6.45) is 3.45. The van der Waals surface area contributed by atoms with E-state index in [4.69, 9.17) is 0 Å². The molecule has 0 aliphatic carbocycles. The molecule has 1 unspecified atom stereocenters. The van der Waals surface area contributed by atoms with Gasteiger partial charge in [-0.15, -0.1) is 11.8 Å². The number of likely N-dealkylation sites (tertiary alicyclic amines) is 1. The Morgan fingerprint density at radius 1 is 1.28 bits per heavy atom. The largest absolute Gasteiger partial charge is 0.507 e. The highest BCUT2D eigenvalue weighted by atomic mass is 32.2. The number of phenolic OH excluding ortho intramolecular Hbond substituents is 1. The van der Waals surface area contributed by atoms with Gasteiger partial charge >= 0.3 is 0 Å². The lowest BCUT2D eigenvalue weighted by Crippen LogP contribution is -2.40. The van der Waals surface area contributed by atoms with Gasteiger partial charge in [-0.3, -0.25) is 4.79 Å². The second-order valence-electron chi connectivity index (χ2n) is 4.61. The zero-order valence-corrected chi connectivity index (χ0v) is 11.4. The first-order valence-electron chi connectivity index (χ1n) is 6.42. The highest BCUT2D eigenvalue weighted by Gasteiger charge is 2.23. The van der Waals surface area contributed by atoms with E-state index >= 15 is 0 Å². The monoisotopic (exact) mass is 265 g/mol. The van der Waals surface area contributed by atoms with Crippen molar-refractivity contribution in [1.82, 2.24) is 4.90 Å². The van der Waals surface area contributed by atoms with Gasteiger partial charge < -0.3 is 10.0 Å². The van der Waals surface area contributed by atoms with Crippen LogP contribution in [-0.4, -0.2) is 34.3 Å². The van der Waals surface area contributed by atoms with Crippen molar-refractivity contribution in [3.63, 3.8) is 0 Å². The predicted molar refractivity (Wildman–Crippen MR) is 73.9 cm³/mol. The molecule has 1 saturated heterocycles. The maximum Gasteiger partial charge on any atom is 0.235 e. The Bertz CT molecular complexity index is 416. The Balaban J connectivity index is 1.96. The first kappa shape index (κ1) is 13.3. The third-order valence-corrected chi connectivity index (χ3v) is 4.34. The number of para-hydroxylation sites is 1. The number of phenols is 1. The van der Waals surface area contributed by atoms with Gasteiger partial charge in [0.05, 0.1) is 5.25 Å². The van der Waals surface area contributed by atoms with Crippen LogP contribution >= 0.6 is 11.8 Å². The van der Waals surface area contributed by atoms with Crippen molar-refractivity contribution < 1.29 is 9.90 Å². The van der Waals surface area contributed by atoms with Gasteiger partial charge in [0.15, 0.2) is 0 Å². The van der Waals surface area contributed by atoms with Crippen LogP contribution in [0.25, 0.3) is 0 Å². The lowest BCUT2D eigenvalue weighted by molar-refractivity contribution is -0.131. The molecule has 1 aliphatic rings. The molecule has 1 N–H and O–H groups in total. The predicted octanol–water partition coefficient (Wildman–Crippen LogP) is 2.89. The minimum Gasteiger partial charge on any atom is -0.507 e. The molecule has 3 nitrogen and oxygen atoms in total. The minimum atomic E-state index is -0.142. The summed E-state index contributed by atoms with van der Waals surface area (Å²) in [5, 5.41) is 9.56. The Hall–Kier alpha value is -1.16. The van der Waals surface area contributed by atoms with E-state index in [1.165, 1.54) is 18.2 Å². The number of rotatable bonds is 3. The van der Waals surface area contributed by atoms with Crippen molar-refractivity contribution in [2.75, 3.05) is 13.1 Å². The van der Waals surface area contributed by atoms with Crippen molar-refractivity contribution in [3.05, 3.63) is 24.3 Å². The fraction of sp³-hybridized carbons (Fsp3) is 0.500. The Labute approximate surface area is 112 Å². The Kier molecular flexibility index (Phi) is 4.53. The molecule has 1 heterocycles. The maximum atomic E-state index is 12.2. The number of amides is 1. The number of nitrogens with zero attached hydrogens (tertiary/aromatic N) is 1. The fourth-order valence-corrected chi connectivity index (χ4v) is 3.15. The van der Waals surface area contributed by atoms with E-state index in [-0.39, 0.29) is 16.9 Å². The van der Waals surface area contributed by atoms with E-state index in [0.717, 1.165) is 30.8 Å². The number of benzene rings is 1. The van der Waals surface area contributed by atoms with Crippen LogP contribution in [0, 0.1) is 0 Å². The summed E-state index contributed by atoms with van der Waals surface area (Å²) >= 11 is 1.43. The van der Waals surface area contributed by atoms with Gasteiger partial charge in [-0.05, 0) is 38.3 Å². The highest BCUT2D eigenvalue weighted by molar-refractivity contribution is 8.00. The van der Waals surface area contributed by atoms with Gasteiger partial charge in [0.2, 0.25) is 5.91 Å². The summed E-state index contributed by atoms with van der Waals surface area (Å²) < 4.78 is 0. The molecule has 1 aliphatic heterocycles. The minimum absolute atomic E-state index is 0.142. The smallest absolute Gasteiger partial charge is 0.235 e. The molecule has 4 heteroatoms. The van der Waals surface area contributed by atoms with Gasteiger partial charge in [0, 0.05) is 18.0 Å². The summed E-state index contributed by atoms with van der Waals surface area (Å²) in [6, 6.07) is 7.16. The molecule has 0 bridgehead atoms. The van der Waals surface area contributed by atoms with E-state index in [2.05, 4.69) is 0 Å². The third-order valence-electron chi connectivity index (χ3n) is 3.18. The molecule has 0 radical (unpaired) electrons. The van der Waals surface area contributed by atoms with E-state index < -0.39 is 0 Å². The molecule has 0 aromatic heterocycles. The van der Waals surface area contributed by atoms with Crippen LogP contribution < -0.4 is 0 Å². The SMILES string of the molecule is CC(Sc1ccccc1O)C(=O)N1CCCCC1. The van der Waals surface area contributed by atoms with Crippen molar-refractivity contribution in [3.8, 4) is 5.75 Å². The van der Waals surface area contributed by atoms with Crippen LogP contribution in [0.4, 0.5) is 0 Å². The summed E-state index contributed by atoms with van der Waals surface area (Å²) in [7, 11) is 0. The third kappa shape index (κ3) is 3.19. The standard InChI is InChI=1S/C14H19NO2S/c1-11(14(17)15-9-5-2-6-10-15)18-13-8-4-3-7-12(13)16/h3-4,7-8,11,16H,2,5-6,9-10H2,1H3. The van der Waals surface area contributed by atoms with Crippen molar-refractivity contribution in [1.29, 1.82) is 0 Å². The molecule has 0 spiro atoms. The fourth-order valence-electron chi connectivity index (χ4n) is 2.17. The van der Waals surface area contributed by atoms with Gasteiger partial charge in [-0.25, -0.2) is 0 Å². The van der Waals surface area contributed by atoms with Crippen LogP contribution in [-0.2, 0) is 4.79 Å². The molecular weight excluding hydrogens is 246 g/mol. The topological polar surface area (TPSA) is 40.5 Å². The normalized spacial score (nSPS) is 17.5. The summed E-state index contributed by atoms with van der Waals surface area (Å²) in [5.74, 6) is 0.434. The number of carbonyl (C=O) groups excluding carboxylic acids is 1. The molecule has 1 aromatic rings. The first-order valence-corrected chi connectivity index (χ1v) is 7.30. The van der Waals surface area contributed by atoms with E-state index in [1.807, 2.05) is 24.0 Å². The Morgan fingerprint density at radius 2 is 1.94 bits per heavy atom. The van der Waals surface area contributed by atoms with Gasteiger partial charge in [0.1, 0.15) is 5.75 Å². The number of thioether (sulfide) groups is 1. The first-order chi connectivity index (χ1) is 8.68. The average molecular weight is 265 g/mol. The van der Waals surface area contributed by atoms with E-state index in [0.29, 0.717) is 0 Å². The zero-order valence-electron chi connectivity index (χ0n) is 10.6. The van der Waals surface area contributed by atoms with Crippen molar-refractivity contribution in [2.45, 2.75) is 36.3 Å². The molecule has 18 heavy (non-hydrogen) atoms. The van der Waals surface area contributed by atoms with Crippen LogP contribution in [0.5, 0.6) is 5.75 Å². The van der Waals surface area contributed by atoms with Crippen LogP contribution in [0.2, 0.25) is 0 Å². The summed E-state index contributed by atoms with van der Waals surface area (Å²) in [5.41, 5.74) is 0. The molecule has 0 saturated carbocycles. The Morgan fingerprint density at radius 3 is 2.61 bits per heavy atom. The van der Waals surface area contributed by atoms with E-state index in [1.54, 1.807) is 12.1 Å². The highest BCUT2D eigenvalue weighted by Crippen LogP contribution is 2.32. The number of hydrogen-bond donors (Lipinski definition) is 1. The molecule has 1 amide bonds. The summed E-state index contributed by atoms with van der Waals surface area (Å²) in [4.78, 5) is 15.0. The lowest BCUT2D eigenvalue weighted by atomic mass is 10.1. The molecule has 98 valence electrons. The number of hydrogen-bond acceptors (Lipinski definition) is 3. The van der Waals surface area contributed by atoms with Crippen LogP contribution in [0.15, 0.2) is 29.2 Å². The molecule has 1 atom stereocenters. The van der Waals surface area contributed by atoms with Crippen molar-refractivity contribution >= 4 is 17.7 Å².